The Hall–Kier alpha value is -3.42. The zero-order valence-corrected chi connectivity index (χ0v) is 13.4. The number of carbonyl (C=O) groups is 2. The third-order valence-electron chi connectivity index (χ3n) is 3.10. The standard InChI is InChI=1S/C17H16N2O6/c1-2-24-15-9-5-13(6-10-15)18-16(20)11-25-17(21)12-3-7-14(8-4-12)19(22)23/h3-10H,2,11H2,1H3,(H,18,20). The van der Waals surface area contributed by atoms with E-state index in [1.807, 2.05) is 6.92 Å². The second-order valence-corrected chi connectivity index (χ2v) is 4.89. The number of nitro groups is 1. The minimum atomic E-state index is -0.739. The second kappa shape index (κ2) is 8.44. The predicted molar refractivity (Wildman–Crippen MR) is 89.6 cm³/mol. The highest BCUT2D eigenvalue weighted by Crippen LogP contribution is 2.16. The zero-order chi connectivity index (χ0) is 18.2. The van der Waals surface area contributed by atoms with Crippen molar-refractivity contribution >= 4 is 23.3 Å². The van der Waals surface area contributed by atoms with E-state index in [4.69, 9.17) is 9.47 Å². The number of anilines is 1. The Morgan fingerprint density at radius 1 is 1.08 bits per heavy atom. The summed E-state index contributed by atoms with van der Waals surface area (Å²) in [6.07, 6.45) is 0. The molecule has 8 heteroatoms. The quantitative estimate of drug-likeness (QED) is 0.470. The molecule has 0 heterocycles. The van der Waals surface area contributed by atoms with Gasteiger partial charge in [0.25, 0.3) is 11.6 Å². The Morgan fingerprint density at radius 2 is 1.72 bits per heavy atom. The number of nitro benzene ring substituents is 1. The van der Waals surface area contributed by atoms with Crippen LogP contribution in [0.25, 0.3) is 0 Å². The molecule has 0 unspecified atom stereocenters. The number of hydrogen-bond donors (Lipinski definition) is 1. The minimum absolute atomic E-state index is 0.125. The van der Waals surface area contributed by atoms with Gasteiger partial charge in [-0.05, 0) is 43.3 Å². The monoisotopic (exact) mass is 344 g/mol. The van der Waals surface area contributed by atoms with Gasteiger partial charge < -0.3 is 14.8 Å². The SMILES string of the molecule is CCOc1ccc(NC(=O)COC(=O)c2ccc([N+](=O)[O-])cc2)cc1. The molecule has 0 aliphatic heterocycles. The van der Waals surface area contributed by atoms with Gasteiger partial charge in [0.05, 0.1) is 17.1 Å². The molecule has 2 aromatic carbocycles. The number of ether oxygens (including phenoxy) is 2. The first-order valence-corrected chi connectivity index (χ1v) is 7.44. The van der Waals surface area contributed by atoms with E-state index in [9.17, 15) is 19.7 Å². The van der Waals surface area contributed by atoms with Crippen molar-refractivity contribution in [3.05, 3.63) is 64.2 Å². The fraction of sp³-hybridized carbons (Fsp3) is 0.176. The van der Waals surface area contributed by atoms with E-state index in [0.717, 1.165) is 0 Å². The van der Waals surface area contributed by atoms with Gasteiger partial charge in [-0.1, -0.05) is 0 Å². The van der Waals surface area contributed by atoms with Crippen molar-refractivity contribution in [2.45, 2.75) is 6.92 Å². The smallest absolute Gasteiger partial charge is 0.338 e. The number of benzene rings is 2. The van der Waals surface area contributed by atoms with Crippen LogP contribution in [0.15, 0.2) is 48.5 Å². The first-order chi connectivity index (χ1) is 12.0. The molecule has 2 rings (SSSR count). The first kappa shape index (κ1) is 17.9. The molecule has 130 valence electrons. The third-order valence-corrected chi connectivity index (χ3v) is 3.10. The summed E-state index contributed by atoms with van der Waals surface area (Å²) in [5.74, 6) is -0.554. The summed E-state index contributed by atoms with van der Waals surface area (Å²) < 4.78 is 10.2. The van der Waals surface area contributed by atoms with Gasteiger partial charge in [0.2, 0.25) is 0 Å². The zero-order valence-electron chi connectivity index (χ0n) is 13.4. The Balaban J connectivity index is 1.84. The molecular weight excluding hydrogens is 328 g/mol. The molecule has 0 saturated heterocycles. The largest absolute Gasteiger partial charge is 0.494 e. The van der Waals surface area contributed by atoms with Crippen LogP contribution in [0.1, 0.15) is 17.3 Å². The van der Waals surface area contributed by atoms with Crippen LogP contribution in [-0.2, 0) is 9.53 Å². The molecule has 0 bridgehead atoms. The van der Waals surface area contributed by atoms with E-state index in [1.54, 1.807) is 24.3 Å². The Kier molecular flexibility index (Phi) is 6.05. The number of carbonyl (C=O) groups excluding carboxylic acids is 2. The molecule has 1 amide bonds. The lowest BCUT2D eigenvalue weighted by Crippen LogP contribution is -2.20. The molecule has 1 N–H and O–H groups in total. The van der Waals surface area contributed by atoms with Crippen molar-refractivity contribution in [1.29, 1.82) is 0 Å². The number of rotatable bonds is 7. The lowest BCUT2D eigenvalue weighted by Gasteiger charge is -2.08. The number of nitrogens with zero attached hydrogens (tertiary/aromatic N) is 1. The summed E-state index contributed by atoms with van der Waals surface area (Å²) in [4.78, 5) is 33.6. The van der Waals surface area contributed by atoms with Crippen LogP contribution in [0.3, 0.4) is 0 Å². The number of nitrogens with one attached hydrogen (secondary N) is 1. The van der Waals surface area contributed by atoms with Crippen molar-refractivity contribution in [1.82, 2.24) is 0 Å². The minimum Gasteiger partial charge on any atom is -0.494 e. The highest BCUT2D eigenvalue weighted by molar-refractivity contribution is 5.95. The summed E-state index contributed by atoms with van der Waals surface area (Å²) in [6.45, 7) is 1.95. The molecular formula is C17H16N2O6. The van der Waals surface area contributed by atoms with Crippen LogP contribution < -0.4 is 10.1 Å². The molecule has 0 atom stereocenters. The Labute approximate surface area is 143 Å². The normalized spacial score (nSPS) is 9.96. The summed E-state index contributed by atoms with van der Waals surface area (Å²) in [6, 6.07) is 11.7. The fourth-order valence-electron chi connectivity index (χ4n) is 1.93. The molecule has 0 spiro atoms. The maximum absolute atomic E-state index is 11.8. The van der Waals surface area contributed by atoms with Crippen LogP contribution in [0.2, 0.25) is 0 Å². The molecule has 0 fully saturated rings. The van der Waals surface area contributed by atoms with Crippen LogP contribution >= 0.6 is 0 Å². The predicted octanol–water partition coefficient (Wildman–Crippen LogP) is 2.79. The van der Waals surface area contributed by atoms with Crippen molar-refractivity contribution < 1.29 is 24.0 Å². The summed E-state index contributed by atoms with van der Waals surface area (Å²) in [7, 11) is 0. The average Bonchev–Trinajstić information content (AvgIpc) is 2.61. The molecule has 8 nitrogen and oxygen atoms in total. The van der Waals surface area contributed by atoms with E-state index in [2.05, 4.69) is 5.32 Å². The lowest BCUT2D eigenvalue weighted by atomic mass is 10.2. The van der Waals surface area contributed by atoms with E-state index in [-0.39, 0.29) is 11.3 Å². The van der Waals surface area contributed by atoms with Crippen molar-refractivity contribution in [3.8, 4) is 5.75 Å². The summed E-state index contributed by atoms with van der Waals surface area (Å²) in [5, 5.41) is 13.1. The third kappa shape index (κ3) is 5.31. The molecule has 0 saturated carbocycles. The summed E-state index contributed by atoms with van der Waals surface area (Å²) in [5.41, 5.74) is 0.532. The highest BCUT2D eigenvalue weighted by Gasteiger charge is 2.12. The van der Waals surface area contributed by atoms with Crippen LogP contribution in [0.5, 0.6) is 5.75 Å². The van der Waals surface area contributed by atoms with Gasteiger partial charge >= 0.3 is 5.97 Å². The number of non-ortho nitro benzene ring substituents is 1. The van der Waals surface area contributed by atoms with Crippen molar-refractivity contribution in [2.24, 2.45) is 0 Å². The van der Waals surface area contributed by atoms with Crippen LogP contribution in [0.4, 0.5) is 11.4 Å². The van der Waals surface area contributed by atoms with E-state index in [0.29, 0.717) is 18.0 Å². The first-order valence-electron chi connectivity index (χ1n) is 7.44. The van der Waals surface area contributed by atoms with Crippen LogP contribution in [0, 0.1) is 10.1 Å². The lowest BCUT2D eigenvalue weighted by molar-refractivity contribution is -0.384. The van der Waals surface area contributed by atoms with Gasteiger partial charge in [0.15, 0.2) is 6.61 Å². The Morgan fingerprint density at radius 3 is 2.28 bits per heavy atom. The van der Waals surface area contributed by atoms with Gasteiger partial charge in [-0.2, -0.15) is 0 Å². The molecule has 25 heavy (non-hydrogen) atoms. The fourth-order valence-corrected chi connectivity index (χ4v) is 1.93. The maximum Gasteiger partial charge on any atom is 0.338 e. The molecule has 0 aromatic heterocycles. The van der Waals surface area contributed by atoms with Gasteiger partial charge in [-0.25, -0.2) is 4.79 Å². The highest BCUT2D eigenvalue weighted by atomic mass is 16.6. The van der Waals surface area contributed by atoms with E-state index >= 15 is 0 Å². The van der Waals surface area contributed by atoms with Crippen molar-refractivity contribution in [2.75, 3.05) is 18.5 Å². The van der Waals surface area contributed by atoms with Gasteiger partial charge in [-0.3, -0.25) is 14.9 Å². The summed E-state index contributed by atoms with van der Waals surface area (Å²) >= 11 is 0. The van der Waals surface area contributed by atoms with Crippen LogP contribution in [-0.4, -0.2) is 30.0 Å². The number of esters is 1. The molecule has 0 aliphatic rings. The maximum atomic E-state index is 11.8. The average molecular weight is 344 g/mol. The molecule has 2 aromatic rings. The topological polar surface area (TPSA) is 108 Å². The number of amides is 1. The Bertz CT molecular complexity index is 756. The number of hydrogen-bond acceptors (Lipinski definition) is 6. The van der Waals surface area contributed by atoms with Crippen molar-refractivity contribution in [3.63, 3.8) is 0 Å². The van der Waals surface area contributed by atoms with Gasteiger partial charge in [-0.15, -0.1) is 0 Å². The van der Waals surface area contributed by atoms with Gasteiger partial charge in [0, 0.05) is 17.8 Å². The van der Waals surface area contributed by atoms with E-state index in [1.165, 1.54) is 24.3 Å². The molecule has 0 aliphatic carbocycles. The van der Waals surface area contributed by atoms with Gasteiger partial charge in [0.1, 0.15) is 5.75 Å². The van der Waals surface area contributed by atoms with E-state index < -0.39 is 23.4 Å². The molecule has 0 radical (unpaired) electrons. The second-order valence-electron chi connectivity index (χ2n) is 4.89.